The predicted octanol–water partition coefficient (Wildman–Crippen LogP) is 4.36. The van der Waals surface area contributed by atoms with E-state index in [4.69, 9.17) is 9.47 Å². The van der Waals surface area contributed by atoms with E-state index in [1.807, 2.05) is 31.2 Å². The maximum atomic E-state index is 11.5. The fourth-order valence-electron chi connectivity index (χ4n) is 3.63. The molecule has 1 atom stereocenters. The molecular formula is C22H37NO3. The van der Waals surface area contributed by atoms with Crippen LogP contribution in [0.4, 0.5) is 0 Å². The van der Waals surface area contributed by atoms with Crippen molar-refractivity contribution in [1.82, 2.24) is 4.90 Å². The maximum absolute atomic E-state index is 11.5. The van der Waals surface area contributed by atoms with Crippen LogP contribution in [0, 0.1) is 0 Å². The summed E-state index contributed by atoms with van der Waals surface area (Å²) < 4.78 is 11.0. The van der Waals surface area contributed by atoms with E-state index >= 15 is 0 Å². The molecule has 1 fully saturated rings. The van der Waals surface area contributed by atoms with Crippen LogP contribution in [0.15, 0.2) is 24.3 Å². The van der Waals surface area contributed by atoms with Crippen LogP contribution in [0.2, 0.25) is 0 Å². The van der Waals surface area contributed by atoms with E-state index in [1.165, 1.54) is 25.7 Å². The van der Waals surface area contributed by atoms with Gasteiger partial charge in [-0.05, 0) is 37.5 Å². The topological polar surface area (TPSA) is 41.9 Å². The van der Waals surface area contributed by atoms with Crippen molar-refractivity contribution < 1.29 is 14.6 Å². The molecule has 0 saturated carbocycles. The molecule has 0 unspecified atom stereocenters. The van der Waals surface area contributed by atoms with Gasteiger partial charge in [-0.3, -0.25) is 4.90 Å². The van der Waals surface area contributed by atoms with E-state index in [1.54, 1.807) is 0 Å². The van der Waals surface area contributed by atoms with Crippen molar-refractivity contribution in [2.75, 3.05) is 39.5 Å². The van der Waals surface area contributed by atoms with Crippen LogP contribution < -0.4 is 4.74 Å². The van der Waals surface area contributed by atoms with Crippen LogP contribution in [-0.4, -0.2) is 49.5 Å². The lowest BCUT2D eigenvalue weighted by Crippen LogP contribution is -2.40. The lowest BCUT2D eigenvalue weighted by atomic mass is 9.85. The molecular weight excluding hydrogens is 326 g/mol. The van der Waals surface area contributed by atoms with Crippen molar-refractivity contribution in [2.24, 2.45) is 0 Å². The van der Waals surface area contributed by atoms with Crippen LogP contribution in [0.1, 0.15) is 64.4 Å². The first-order valence-electron chi connectivity index (χ1n) is 10.4. The van der Waals surface area contributed by atoms with Crippen LogP contribution >= 0.6 is 0 Å². The van der Waals surface area contributed by atoms with Gasteiger partial charge >= 0.3 is 0 Å². The molecule has 0 spiro atoms. The number of rotatable bonds is 12. The molecule has 4 heteroatoms. The lowest BCUT2D eigenvalue weighted by molar-refractivity contribution is -0.0113. The molecule has 0 bridgehead atoms. The van der Waals surface area contributed by atoms with Gasteiger partial charge in [-0.15, -0.1) is 0 Å². The number of hydrogen-bond acceptors (Lipinski definition) is 4. The summed E-state index contributed by atoms with van der Waals surface area (Å²) in [6.07, 6.45) is 7.68. The second-order valence-electron chi connectivity index (χ2n) is 7.36. The molecule has 0 aromatic heterocycles. The smallest absolute Gasteiger partial charge is 0.119 e. The number of morpholine rings is 1. The fraction of sp³-hybridized carbons (Fsp3) is 0.727. The van der Waals surface area contributed by atoms with Gasteiger partial charge in [0.1, 0.15) is 5.75 Å². The van der Waals surface area contributed by atoms with Crippen molar-refractivity contribution >= 4 is 0 Å². The van der Waals surface area contributed by atoms with Crippen molar-refractivity contribution in [3.63, 3.8) is 0 Å². The Kier molecular flexibility index (Phi) is 9.44. The third-order valence-corrected chi connectivity index (χ3v) is 5.34. The monoisotopic (exact) mass is 363 g/mol. The Morgan fingerprint density at radius 2 is 1.69 bits per heavy atom. The highest BCUT2D eigenvalue weighted by molar-refractivity contribution is 5.31. The Morgan fingerprint density at radius 3 is 2.35 bits per heavy atom. The van der Waals surface area contributed by atoms with Crippen molar-refractivity contribution in [3.05, 3.63) is 29.8 Å². The fourth-order valence-corrected chi connectivity index (χ4v) is 3.63. The molecule has 148 valence electrons. The average molecular weight is 364 g/mol. The lowest BCUT2D eigenvalue weighted by Gasteiger charge is -2.33. The van der Waals surface area contributed by atoms with Crippen molar-refractivity contribution in [2.45, 2.75) is 64.4 Å². The molecule has 1 aromatic rings. The standard InChI is InChI=1S/C22H37NO3/c1-3-5-6-7-8-13-22(24,14-15-23-16-18-25-19-17-23)20-9-11-21(12-10-20)26-4-2/h9-12,24H,3-8,13-19H2,1-2H3/t22-/m0/s1. The summed E-state index contributed by atoms with van der Waals surface area (Å²) in [5, 5.41) is 11.5. The van der Waals surface area contributed by atoms with E-state index in [-0.39, 0.29) is 0 Å². The molecule has 1 aliphatic heterocycles. The summed E-state index contributed by atoms with van der Waals surface area (Å²) in [5.74, 6) is 0.870. The highest BCUT2D eigenvalue weighted by Crippen LogP contribution is 2.33. The zero-order valence-electron chi connectivity index (χ0n) is 16.7. The molecule has 1 saturated heterocycles. The minimum Gasteiger partial charge on any atom is -0.494 e. The van der Waals surface area contributed by atoms with E-state index in [2.05, 4.69) is 11.8 Å². The summed E-state index contributed by atoms with van der Waals surface area (Å²) in [6, 6.07) is 8.04. The molecule has 26 heavy (non-hydrogen) atoms. The Morgan fingerprint density at radius 1 is 1.00 bits per heavy atom. The van der Waals surface area contributed by atoms with Gasteiger partial charge < -0.3 is 14.6 Å². The first-order valence-corrected chi connectivity index (χ1v) is 10.4. The number of benzene rings is 1. The Hall–Kier alpha value is -1.10. The third kappa shape index (κ3) is 6.90. The highest BCUT2D eigenvalue weighted by atomic mass is 16.5. The SMILES string of the molecule is CCCCCCC[C@](O)(CCN1CCOCC1)c1ccc(OCC)cc1. The molecule has 1 N–H and O–H groups in total. The molecule has 0 amide bonds. The van der Waals surface area contributed by atoms with E-state index in [0.29, 0.717) is 6.61 Å². The van der Waals surface area contributed by atoms with E-state index in [0.717, 1.165) is 63.4 Å². The maximum Gasteiger partial charge on any atom is 0.119 e. The molecule has 1 heterocycles. The van der Waals surface area contributed by atoms with Crippen LogP contribution in [0.25, 0.3) is 0 Å². The molecule has 1 aromatic carbocycles. The third-order valence-electron chi connectivity index (χ3n) is 5.34. The molecule has 1 aliphatic rings. The van der Waals surface area contributed by atoms with Gasteiger partial charge in [0.25, 0.3) is 0 Å². The summed E-state index contributed by atoms with van der Waals surface area (Å²) in [7, 11) is 0. The van der Waals surface area contributed by atoms with Crippen LogP contribution in [-0.2, 0) is 10.3 Å². The number of aliphatic hydroxyl groups is 1. The molecule has 0 radical (unpaired) electrons. The number of nitrogens with zero attached hydrogens (tertiary/aromatic N) is 1. The Balaban J connectivity index is 1.98. The van der Waals surface area contributed by atoms with Gasteiger partial charge in [0, 0.05) is 19.6 Å². The minimum absolute atomic E-state index is 0.665. The zero-order chi connectivity index (χ0) is 18.7. The summed E-state index contributed by atoms with van der Waals surface area (Å²) >= 11 is 0. The van der Waals surface area contributed by atoms with Crippen LogP contribution in [0.3, 0.4) is 0 Å². The first kappa shape index (κ1) is 21.2. The second-order valence-corrected chi connectivity index (χ2v) is 7.36. The largest absolute Gasteiger partial charge is 0.494 e. The Labute approximate surface area is 159 Å². The van der Waals surface area contributed by atoms with E-state index < -0.39 is 5.60 Å². The van der Waals surface area contributed by atoms with Gasteiger partial charge in [0.2, 0.25) is 0 Å². The second kappa shape index (κ2) is 11.6. The van der Waals surface area contributed by atoms with Gasteiger partial charge in [-0.2, -0.15) is 0 Å². The average Bonchev–Trinajstić information content (AvgIpc) is 2.68. The van der Waals surface area contributed by atoms with E-state index in [9.17, 15) is 5.11 Å². The van der Waals surface area contributed by atoms with Crippen molar-refractivity contribution in [3.8, 4) is 5.75 Å². The molecule has 4 nitrogen and oxygen atoms in total. The zero-order valence-corrected chi connectivity index (χ0v) is 16.7. The Bertz CT molecular complexity index is 485. The predicted molar refractivity (Wildman–Crippen MR) is 107 cm³/mol. The quantitative estimate of drug-likeness (QED) is 0.561. The number of unbranched alkanes of at least 4 members (excludes halogenated alkanes) is 4. The summed E-state index contributed by atoms with van der Waals surface area (Å²) in [5.41, 5.74) is 0.264. The number of hydrogen-bond donors (Lipinski definition) is 1. The highest BCUT2D eigenvalue weighted by Gasteiger charge is 2.29. The van der Waals surface area contributed by atoms with Gasteiger partial charge in [0.05, 0.1) is 25.4 Å². The van der Waals surface area contributed by atoms with Crippen LogP contribution in [0.5, 0.6) is 5.75 Å². The van der Waals surface area contributed by atoms with Gasteiger partial charge in [-0.25, -0.2) is 0 Å². The number of ether oxygens (including phenoxy) is 2. The summed E-state index contributed by atoms with van der Waals surface area (Å²) in [4.78, 5) is 2.40. The summed E-state index contributed by atoms with van der Waals surface area (Å²) in [6.45, 7) is 9.35. The first-order chi connectivity index (χ1) is 12.7. The van der Waals surface area contributed by atoms with Gasteiger partial charge in [-0.1, -0.05) is 51.2 Å². The molecule has 0 aliphatic carbocycles. The minimum atomic E-state index is -0.755. The molecule has 2 rings (SSSR count). The normalized spacial score (nSPS) is 17.8. The van der Waals surface area contributed by atoms with Crippen molar-refractivity contribution in [1.29, 1.82) is 0 Å². The van der Waals surface area contributed by atoms with Gasteiger partial charge in [0.15, 0.2) is 0 Å².